The summed E-state index contributed by atoms with van der Waals surface area (Å²) in [5.74, 6) is 2.13. The number of carbonyl (C=O) groups excluding carboxylic acids is 1. The molecular weight excluding hydrogens is 300 g/mol. The second-order valence-corrected chi connectivity index (χ2v) is 8.01. The van der Waals surface area contributed by atoms with Crippen molar-refractivity contribution in [3.05, 3.63) is 23.4 Å². The average molecular weight is 328 g/mol. The first-order valence-electron chi connectivity index (χ1n) is 9.57. The van der Waals surface area contributed by atoms with Crippen LogP contribution in [-0.4, -0.2) is 24.1 Å². The normalized spacial score (nSPS) is 30.7. The van der Waals surface area contributed by atoms with Crippen molar-refractivity contribution < 1.29 is 9.53 Å². The van der Waals surface area contributed by atoms with Crippen LogP contribution in [0.1, 0.15) is 56.7 Å². The Morgan fingerprint density at radius 2 is 2.17 bits per heavy atom. The summed E-state index contributed by atoms with van der Waals surface area (Å²) < 4.78 is 5.13. The predicted molar refractivity (Wildman–Crippen MR) is 93.9 cm³/mol. The van der Waals surface area contributed by atoms with Gasteiger partial charge in [0.15, 0.2) is 0 Å². The fourth-order valence-electron chi connectivity index (χ4n) is 4.97. The van der Waals surface area contributed by atoms with E-state index in [9.17, 15) is 4.79 Å². The minimum absolute atomic E-state index is 0.0253. The maximum absolute atomic E-state index is 11.7. The number of rotatable bonds is 5. The molecule has 0 amide bonds. The Balaban J connectivity index is 1.22. The van der Waals surface area contributed by atoms with Crippen LogP contribution in [0.15, 0.2) is 12.1 Å². The molecular formula is C20H28N2O2. The minimum Gasteiger partial charge on any atom is -0.466 e. The fraction of sp³-hybridized carbons (Fsp3) is 0.700. The van der Waals surface area contributed by atoms with Gasteiger partial charge >= 0.3 is 5.97 Å². The van der Waals surface area contributed by atoms with E-state index in [1.807, 2.05) is 6.92 Å². The average Bonchev–Trinajstić information content (AvgIpc) is 2.52. The Morgan fingerprint density at radius 3 is 2.96 bits per heavy atom. The maximum atomic E-state index is 11.7. The highest BCUT2D eigenvalue weighted by atomic mass is 16.5. The van der Waals surface area contributed by atoms with E-state index < -0.39 is 0 Å². The molecule has 1 N–H and O–H groups in total. The number of carbonyl (C=O) groups is 1. The van der Waals surface area contributed by atoms with Crippen LogP contribution < -0.4 is 5.32 Å². The molecule has 3 aliphatic rings. The van der Waals surface area contributed by atoms with Crippen molar-refractivity contribution in [2.75, 3.05) is 18.5 Å². The number of hydrogen-bond donors (Lipinski definition) is 1. The minimum atomic E-state index is 0.0253. The third-order valence-electron chi connectivity index (χ3n) is 6.18. The van der Waals surface area contributed by atoms with Gasteiger partial charge in [0.2, 0.25) is 0 Å². The van der Waals surface area contributed by atoms with E-state index >= 15 is 0 Å². The number of hydrogen-bond acceptors (Lipinski definition) is 4. The molecule has 1 spiro atoms. The third-order valence-corrected chi connectivity index (χ3v) is 6.18. The molecule has 0 radical (unpaired) electrons. The summed E-state index contributed by atoms with van der Waals surface area (Å²) in [6.07, 6.45) is 9.40. The van der Waals surface area contributed by atoms with E-state index in [4.69, 9.17) is 9.72 Å². The van der Waals surface area contributed by atoms with Gasteiger partial charge < -0.3 is 10.1 Å². The highest BCUT2D eigenvalue weighted by Gasteiger charge is 2.54. The number of ether oxygens (including phenoxy) is 1. The van der Waals surface area contributed by atoms with Crippen molar-refractivity contribution >= 4 is 11.8 Å². The lowest BCUT2D eigenvalue weighted by Crippen LogP contribution is -2.50. The summed E-state index contributed by atoms with van der Waals surface area (Å²) in [7, 11) is 0. The van der Waals surface area contributed by atoms with Gasteiger partial charge in [-0.3, -0.25) is 4.79 Å². The molecule has 4 nitrogen and oxygen atoms in total. The first kappa shape index (κ1) is 15.9. The fourth-order valence-corrected chi connectivity index (χ4v) is 4.97. The van der Waals surface area contributed by atoms with E-state index in [2.05, 4.69) is 17.4 Å². The molecule has 1 aromatic heterocycles. The van der Waals surface area contributed by atoms with Crippen LogP contribution in [-0.2, 0) is 22.4 Å². The predicted octanol–water partition coefficient (Wildman–Crippen LogP) is 3.74. The number of nitrogens with zero attached hydrogens (tertiary/aromatic N) is 1. The van der Waals surface area contributed by atoms with E-state index in [0.717, 1.165) is 44.0 Å². The lowest BCUT2D eigenvalue weighted by molar-refractivity contribution is -0.164. The Morgan fingerprint density at radius 1 is 1.33 bits per heavy atom. The van der Waals surface area contributed by atoms with Crippen LogP contribution in [0, 0.1) is 17.3 Å². The van der Waals surface area contributed by atoms with Crippen molar-refractivity contribution in [3.8, 4) is 0 Å². The summed E-state index contributed by atoms with van der Waals surface area (Å²) in [4.78, 5) is 16.5. The third kappa shape index (κ3) is 3.03. The Bertz CT molecular complexity index is 614. The smallest absolute Gasteiger partial charge is 0.308 e. The summed E-state index contributed by atoms with van der Waals surface area (Å²) >= 11 is 0. The van der Waals surface area contributed by atoms with Crippen LogP contribution >= 0.6 is 0 Å². The van der Waals surface area contributed by atoms with Crippen LogP contribution in [0.2, 0.25) is 0 Å². The van der Waals surface area contributed by atoms with Gasteiger partial charge in [-0.2, -0.15) is 0 Å². The number of fused-ring (bicyclic) bond motifs is 1. The quantitative estimate of drug-likeness (QED) is 0.837. The molecule has 2 fully saturated rings. The topological polar surface area (TPSA) is 51.2 Å². The van der Waals surface area contributed by atoms with Gasteiger partial charge in [-0.05, 0) is 81.3 Å². The lowest BCUT2D eigenvalue weighted by Gasteiger charge is -2.57. The monoisotopic (exact) mass is 328 g/mol. The number of aromatic nitrogens is 1. The zero-order valence-corrected chi connectivity index (χ0v) is 14.6. The van der Waals surface area contributed by atoms with Crippen molar-refractivity contribution in [2.45, 2.75) is 58.3 Å². The summed E-state index contributed by atoms with van der Waals surface area (Å²) in [5, 5.41) is 3.42. The van der Waals surface area contributed by atoms with Crippen LogP contribution in [0.25, 0.3) is 0 Å². The van der Waals surface area contributed by atoms with E-state index in [1.54, 1.807) is 0 Å². The van der Waals surface area contributed by atoms with Crippen molar-refractivity contribution in [1.82, 2.24) is 4.98 Å². The van der Waals surface area contributed by atoms with Crippen molar-refractivity contribution in [1.29, 1.82) is 0 Å². The molecule has 0 saturated heterocycles. The van der Waals surface area contributed by atoms with Crippen LogP contribution in [0.4, 0.5) is 5.82 Å². The number of pyridine rings is 1. The van der Waals surface area contributed by atoms with Crippen molar-refractivity contribution in [2.24, 2.45) is 17.3 Å². The highest BCUT2D eigenvalue weighted by Crippen LogP contribution is 2.62. The van der Waals surface area contributed by atoms with E-state index in [0.29, 0.717) is 12.0 Å². The van der Waals surface area contributed by atoms with Crippen LogP contribution in [0.5, 0.6) is 0 Å². The van der Waals surface area contributed by atoms with Gasteiger partial charge in [-0.25, -0.2) is 4.98 Å². The summed E-state index contributed by atoms with van der Waals surface area (Å²) in [6, 6.07) is 4.46. The number of esters is 1. The molecule has 130 valence electrons. The van der Waals surface area contributed by atoms with Crippen LogP contribution in [0.3, 0.4) is 0 Å². The molecule has 1 aliphatic heterocycles. The molecule has 24 heavy (non-hydrogen) atoms. The SMILES string of the molecule is CCOC(=O)C1CC2(CC(CCc3ccc4c(n3)NCCC4)C2)C1. The largest absolute Gasteiger partial charge is 0.466 e. The molecule has 4 heteroatoms. The molecule has 2 heterocycles. The maximum Gasteiger partial charge on any atom is 0.308 e. The zero-order chi connectivity index (χ0) is 16.6. The molecule has 4 rings (SSSR count). The molecule has 0 unspecified atom stereocenters. The number of aryl methyl sites for hydroxylation is 2. The standard InChI is InChI=1S/C20H28N2O2/c1-2-24-19(23)16-12-20(13-16)10-14(11-20)5-7-17-8-6-15-4-3-9-21-18(15)22-17/h6,8,14,16H,2-5,7,9-13H2,1H3,(H,21,22). The Labute approximate surface area is 144 Å². The second-order valence-electron chi connectivity index (χ2n) is 8.01. The zero-order valence-electron chi connectivity index (χ0n) is 14.6. The summed E-state index contributed by atoms with van der Waals surface area (Å²) in [6.45, 7) is 3.44. The summed E-state index contributed by atoms with van der Waals surface area (Å²) in [5.41, 5.74) is 3.07. The van der Waals surface area contributed by atoms with Gasteiger partial charge in [0.1, 0.15) is 5.82 Å². The van der Waals surface area contributed by atoms with E-state index in [-0.39, 0.29) is 11.9 Å². The van der Waals surface area contributed by atoms with Crippen molar-refractivity contribution in [3.63, 3.8) is 0 Å². The lowest BCUT2D eigenvalue weighted by atomic mass is 9.47. The second kappa shape index (κ2) is 6.38. The van der Waals surface area contributed by atoms with Gasteiger partial charge in [0, 0.05) is 12.2 Å². The highest BCUT2D eigenvalue weighted by molar-refractivity contribution is 5.73. The molecule has 0 bridgehead atoms. The van der Waals surface area contributed by atoms with Gasteiger partial charge in [-0.15, -0.1) is 0 Å². The van der Waals surface area contributed by atoms with E-state index in [1.165, 1.54) is 36.9 Å². The van der Waals surface area contributed by atoms with Gasteiger partial charge in [0.25, 0.3) is 0 Å². The molecule has 2 saturated carbocycles. The molecule has 0 atom stereocenters. The van der Waals surface area contributed by atoms with Gasteiger partial charge in [0.05, 0.1) is 12.5 Å². The number of nitrogens with one attached hydrogen (secondary N) is 1. The Hall–Kier alpha value is -1.58. The molecule has 1 aromatic rings. The molecule has 0 aromatic carbocycles. The first-order valence-corrected chi connectivity index (χ1v) is 9.57. The van der Waals surface area contributed by atoms with Gasteiger partial charge in [-0.1, -0.05) is 6.07 Å². The Kier molecular flexibility index (Phi) is 4.23. The molecule has 2 aliphatic carbocycles. The number of anilines is 1. The first-order chi connectivity index (χ1) is 11.7.